The molecule has 0 bridgehead atoms. The van der Waals surface area contributed by atoms with Crippen LogP contribution in [0.5, 0.6) is 11.5 Å². The molecular weight excluding hydrogens is 467 g/mol. The topological polar surface area (TPSA) is 101 Å². The van der Waals surface area contributed by atoms with Gasteiger partial charge in [-0.25, -0.2) is 0 Å². The van der Waals surface area contributed by atoms with Crippen LogP contribution in [0.1, 0.15) is 74.1 Å². The van der Waals surface area contributed by atoms with Gasteiger partial charge in [0.05, 0.1) is 16.5 Å². The first-order chi connectivity index (χ1) is 15.3. The third kappa shape index (κ3) is 4.25. The molecule has 6 nitrogen and oxygen atoms in total. The van der Waals surface area contributed by atoms with Gasteiger partial charge in [-0.2, -0.15) is 0 Å². The number of halogens is 2. The maximum absolute atomic E-state index is 13.9. The van der Waals surface area contributed by atoms with Crippen molar-refractivity contribution in [3.05, 3.63) is 46.6 Å². The standard InChI is InChI=1S/C25H28Cl2O6/c1-14(6-5-7-15(2)13-28)8-9-25-21(31)17-10-16(29)11-18(30)20(17)22(32)24(25,27)12-19(26)23(3,4)33-25/h7-8,10-11,13,19,29-30H,5-6,9,12H2,1-4H3/t19-,24+,25+/m1/s1. The molecule has 1 aromatic rings. The minimum absolute atomic E-state index is 0.00613. The van der Waals surface area contributed by atoms with Gasteiger partial charge in [-0.05, 0) is 58.6 Å². The summed E-state index contributed by atoms with van der Waals surface area (Å²) in [7, 11) is 0. The van der Waals surface area contributed by atoms with E-state index in [-0.39, 0.29) is 29.7 Å². The van der Waals surface area contributed by atoms with Gasteiger partial charge < -0.3 is 14.9 Å². The van der Waals surface area contributed by atoms with Crippen molar-refractivity contribution in [2.75, 3.05) is 0 Å². The number of aromatic hydroxyl groups is 2. The number of benzene rings is 1. The molecule has 0 radical (unpaired) electrons. The number of fused-ring (bicyclic) bond motifs is 2. The number of ketones is 2. The zero-order valence-corrected chi connectivity index (χ0v) is 20.6. The van der Waals surface area contributed by atoms with Crippen LogP contribution in [0, 0.1) is 0 Å². The Morgan fingerprint density at radius 3 is 2.48 bits per heavy atom. The molecule has 0 unspecified atom stereocenters. The molecule has 1 fully saturated rings. The highest BCUT2D eigenvalue weighted by Gasteiger charge is 2.70. The van der Waals surface area contributed by atoms with Crippen molar-refractivity contribution in [3.63, 3.8) is 0 Å². The number of aldehydes is 1. The average molecular weight is 495 g/mol. The van der Waals surface area contributed by atoms with Gasteiger partial charge in [0.1, 0.15) is 22.7 Å². The number of hydrogen-bond donors (Lipinski definition) is 2. The van der Waals surface area contributed by atoms with Crippen LogP contribution >= 0.6 is 23.2 Å². The monoisotopic (exact) mass is 494 g/mol. The van der Waals surface area contributed by atoms with Gasteiger partial charge in [0.25, 0.3) is 0 Å². The second kappa shape index (κ2) is 8.90. The van der Waals surface area contributed by atoms with Crippen LogP contribution in [0.3, 0.4) is 0 Å². The van der Waals surface area contributed by atoms with Gasteiger partial charge in [0.15, 0.2) is 17.2 Å². The van der Waals surface area contributed by atoms with E-state index < -0.39 is 38.8 Å². The van der Waals surface area contributed by atoms with Gasteiger partial charge >= 0.3 is 0 Å². The molecular formula is C25H28Cl2O6. The molecule has 2 N–H and O–H groups in total. The van der Waals surface area contributed by atoms with Crippen molar-refractivity contribution in [1.29, 1.82) is 0 Å². The van der Waals surface area contributed by atoms with Crippen molar-refractivity contribution in [3.8, 4) is 11.5 Å². The van der Waals surface area contributed by atoms with Crippen molar-refractivity contribution < 1.29 is 29.3 Å². The molecule has 1 saturated heterocycles. The predicted molar refractivity (Wildman–Crippen MR) is 127 cm³/mol. The van der Waals surface area contributed by atoms with Crippen LogP contribution in [0.2, 0.25) is 0 Å². The zero-order chi connectivity index (χ0) is 24.8. The normalized spacial score (nSPS) is 29.5. The summed E-state index contributed by atoms with van der Waals surface area (Å²) in [6.45, 7) is 7.08. The van der Waals surface area contributed by atoms with Crippen molar-refractivity contribution in [2.45, 2.75) is 74.8 Å². The first-order valence-corrected chi connectivity index (χ1v) is 11.6. The van der Waals surface area contributed by atoms with Gasteiger partial charge in [-0.1, -0.05) is 17.7 Å². The van der Waals surface area contributed by atoms with Crippen LogP contribution in [0.4, 0.5) is 0 Å². The third-order valence-electron chi connectivity index (χ3n) is 6.52. The minimum Gasteiger partial charge on any atom is -0.508 e. The average Bonchev–Trinajstić information content (AvgIpc) is 2.73. The maximum Gasteiger partial charge on any atom is 0.198 e. The Kier molecular flexibility index (Phi) is 6.87. The van der Waals surface area contributed by atoms with Gasteiger partial charge in [0, 0.05) is 18.1 Å². The molecule has 0 saturated carbocycles. The fraction of sp³-hybridized carbons (Fsp3) is 0.480. The van der Waals surface area contributed by atoms with E-state index in [0.29, 0.717) is 18.4 Å². The fourth-order valence-corrected chi connectivity index (χ4v) is 5.30. The van der Waals surface area contributed by atoms with Crippen LogP contribution in [0.15, 0.2) is 35.4 Å². The van der Waals surface area contributed by atoms with E-state index >= 15 is 0 Å². The lowest BCUT2D eigenvalue weighted by Crippen LogP contribution is -2.72. The summed E-state index contributed by atoms with van der Waals surface area (Å²) in [5, 5.41) is 19.7. The number of rotatable bonds is 6. The summed E-state index contributed by atoms with van der Waals surface area (Å²) in [6, 6.07) is 2.15. The highest BCUT2D eigenvalue weighted by molar-refractivity contribution is 6.45. The molecule has 1 aromatic carbocycles. The number of phenols is 2. The first-order valence-electron chi connectivity index (χ1n) is 10.8. The lowest BCUT2D eigenvalue weighted by atomic mass is 9.63. The fourth-order valence-electron chi connectivity index (χ4n) is 4.49. The van der Waals surface area contributed by atoms with Crippen LogP contribution in [0.25, 0.3) is 0 Å². The number of allylic oxidation sites excluding steroid dienone is 3. The molecule has 1 aliphatic heterocycles. The summed E-state index contributed by atoms with van der Waals surface area (Å²) >= 11 is 13.5. The second-order valence-electron chi connectivity index (χ2n) is 9.41. The molecule has 2 aliphatic rings. The van der Waals surface area contributed by atoms with E-state index in [4.69, 9.17) is 27.9 Å². The number of carbonyl (C=O) groups is 3. The Morgan fingerprint density at radius 2 is 1.85 bits per heavy atom. The summed E-state index contributed by atoms with van der Waals surface area (Å²) in [6.07, 6.45) is 5.66. The summed E-state index contributed by atoms with van der Waals surface area (Å²) < 4.78 is 6.31. The Labute approximate surface area is 203 Å². The molecule has 1 aliphatic carbocycles. The van der Waals surface area contributed by atoms with Crippen LogP contribution in [-0.2, 0) is 9.53 Å². The van der Waals surface area contributed by atoms with Crippen LogP contribution in [-0.4, -0.2) is 49.5 Å². The number of alkyl halides is 2. The Bertz CT molecular complexity index is 1070. The summed E-state index contributed by atoms with van der Waals surface area (Å²) in [5.41, 5.74) is -1.55. The highest BCUT2D eigenvalue weighted by Crippen LogP contribution is 2.56. The smallest absolute Gasteiger partial charge is 0.198 e. The molecule has 0 amide bonds. The predicted octanol–water partition coefficient (Wildman–Crippen LogP) is 5.26. The molecule has 1 heterocycles. The van der Waals surface area contributed by atoms with E-state index in [1.165, 1.54) is 0 Å². The second-order valence-corrected chi connectivity index (χ2v) is 10.6. The molecule has 3 rings (SSSR count). The van der Waals surface area contributed by atoms with Crippen molar-refractivity contribution in [2.24, 2.45) is 0 Å². The Balaban J connectivity index is 2.11. The van der Waals surface area contributed by atoms with Crippen LogP contribution < -0.4 is 0 Å². The number of phenolic OH excluding ortho intramolecular Hbond substituents is 2. The summed E-state index contributed by atoms with van der Waals surface area (Å²) in [5.74, 6) is -2.11. The number of hydrogen-bond acceptors (Lipinski definition) is 6. The van der Waals surface area contributed by atoms with E-state index in [2.05, 4.69) is 0 Å². The molecule has 0 aromatic heterocycles. The Morgan fingerprint density at radius 1 is 1.18 bits per heavy atom. The van der Waals surface area contributed by atoms with E-state index in [0.717, 1.165) is 24.0 Å². The molecule has 3 atom stereocenters. The quantitative estimate of drug-likeness (QED) is 0.242. The summed E-state index contributed by atoms with van der Waals surface area (Å²) in [4.78, 5) is 36.4. The SMILES string of the molecule is CC(C=O)=CCCC(C)=CC[C@@]12OC(C)(C)[C@H](Cl)C[C@]1(Cl)C(=O)c1c(O)cc(O)cc1C2=O. The largest absolute Gasteiger partial charge is 0.508 e. The highest BCUT2D eigenvalue weighted by atomic mass is 35.5. The number of carbonyl (C=O) groups excluding carboxylic acids is 3. The maximum atomic E-state index is 13.9. The minimum atomic E-state index is -1.84. The molecule has 0 spiro atoms. The van der Waals surface area contributed by atoms with E-state index in [1.54, 1.807) is 20.8 Å². The third-order valence-corrected chi connectivity index (χ3v) is 7.83. The molecule has 33 heavy (non-hydrogen) atoms. The Hall–Kier alpha value is -2.15. The number of ether oxygens (including phenoxy) is 1. The molecule has 178 valence electrons. The van der Waals surface area contributed by atoms with E-state index in [9.17, 15) is 24.6 Å². The lowest BCUT2D eigenvalue weighted by molar-refractivity contribution is -0.157. The lowest BCUT2D eigenvalue weighted by Gasteiger charge is -2.56. The van der Waals surface area contributed by atoms with Crippen molar-refractivity contribution in [1.82, 2.24) is 0 Å². The van der Waals surface area contributed by atoms with E-state index in [1.807, 2.05) is 19.1 Å². The first kappa shape index (κ1) is 25.5. The van der Waals surface area contributed by atoms with Gasteiger partial charge in [-0.3, -0.25) is 14.4 Å². The zero-order valence-electron chi connectivity index (χ0n) is 19.1. The number of Topliss-reactive ketones (excluding diaryl/α,β-unsaturated/α-hetero) is 2. The van der Waals surface area contributed by atoms with Crippen molar-refractivity contribution >= 4 is 41.1 Å². The van der Waals surface area contributed by atoms with Gasteiger partial charge in [-0.15, -0.1) is 23.2 Å². The van der Waals surface area contributed by atoms with Gasteiger partial charge in [0.2, 0.25) is 0 Å². The molecule has 8 heteroatoms.